The molecule has 0 aliphatic rings. The van der Waals surface area contributed by atoms with Crippen molar-refractivity contribution in [3.8, 4) is 0 Å². The monoisotopic (exact) mass is 319 g/mol. The van der Waals surface area contributed by atoms with E-state index in [0.717, 1.165) is 23.0 Å². The summed E-state index contributed by atoms with van der Waals surface area (Å²) >= 11 is 9.33. The highest BCUT2D eigenvalue weighted by Gasteiger charge is 2.20. The standard InChI is InChI=1S/C12H15BrClNO2/c1-3-6-15-11(12(16)17-2)8-4-5-9(13)10(14)7-8/h4-5,7,11,15H,3,6H2,1-2H3. The van der Waals surface area contributed by atoms with Crippen molar-refractivity contribution in [3.63, 3.8) is 0 Å². The second-order valence-corrected chi connectivity index (χ2v) is 4.85. The molecular formula is C12H15BrClNO2. The summed E-state index contributed by atoms with van der Waals surface area (Å²) in [4.78, 5) is 11.7. The first-order valence-corrected chi connectivity index (χ1v) is 6.53. The minimum absolute atomic E-state index is 0.308. The first kappa shape index (κ1) is 14.5. The van der Waals surface area contributed by atoms with Crippen LogP contribution in [0.3, 0.4) is 0 Å². The van der Waals surface area contributed by atoms with E-state index in [9.17, 15) is 4.79 Å². The van der Waals surface area contributed by atoms with E-state index in [4.69, 9.17) is 16.3 Å². The van der Waals surface area contributed by atoms with Gasteiger partial charge in [0.25, 0.3) is 0 Å². The van der Waals surface area contributed by atoms with Crippen LogP contribution < -0.4 is 5.32 Å². The van der Waals surface area contributed by atoms with E-state index in [0.29, 0.717) is 5.02 Å². The number of esters is 1. The van der Waals surface area contributed by atoms with E-state index in [1.165, 1.54) is 7.11 Å². The van der Waals surface area contributed by atoms with E-state index in [1.54, 1.807) is 6.07 Å². The number of benzene rings is 1. The van der Waals surface area contributed by atoms with Crippen molar-refractivity contribution in [2.75, 3.05) is 13.7 Å². The summed E-state index contributed by atoms with van der Waals surface area (Å²) in [6.07, 6.45) is 0.942. The number of rotatable bonds is 5. The number of carbonyl (C=O) groups is 1. The zero-order valence-corrected chi connectivity index (χ0v) is 12.1. The lowest BCUT2D eigenvalue weighted by molar-refractivity contribution is -0.143. The van der Waals surface area contributed by atoms with Crippen LogP contribution in [0.1, 0.15) is 24.9 Å². The Labute approximate surface area is 115 Å². The van der Waals surface area contributed by atoms with Crippen LogP contribution in [0.15, 0.2) is 22.7 Å². The molecule has 0 radical (unpaired) electrons. The third kappa shape index (κ3) is 3.98. The van der Waals surface area contributed by atoms with Gasteiger partial charge in [0, 0.05) is 4.47 Å². The molecule has 1 unspecified atom stereocenters. The second kappa shape index (κ2) is 6.99. The number of nitrogens with one attached hydrogen (secondary N) is 1. The molecule has 5 heteroatoms. The van der Waals surface area contributed by atoms with Gasteiger partial charge < -0.3 is 10.1 Å². The van der Waals surface area contributed by atoms with Crippen molar-refractivity contribution in [2.45, 2.75) is 19.4 Å². The van der Waals surface area contributed by atoms with Crippen LogP contribution in [0.4, 0.5) is 0 Å². The predicted molar refractivity (Wildman–Crippen MR) is 72.2 cm³/mol. The van der Waals surface area contributed by atoms with Gasteiger partial charge in [0.2, 0.25) is 0 Å². The van der Waals surface area contributed by atoms with Crippen molar-refractivity contribution in [1.29, 1.82) is 0 Å². The molecule has 3 nitrogen and oxygen atoms in total. The first-order valence-electron chi connectivity index (χ1n) is 5.36. The maximum absolute atomic E-state index is 11.7. The van der Waals surface area contributed by atoms with Crippen molar-refractivity contribution < 1.29 is 9.53 Å². The summed E-state index contributed by atoms with van der Waals surface area (Å²) < 4.78 is 5.59. The van der Waals surface area contributed by atoms with Gasteiger partial charge in [0.15, 0.2) is 0 Å². The molecule has 1 aromatic rings. The Kier molecular flexibility index (Phi) is 5.95. The molecule has 17 heavy (non-hydrogen) atoms. The molecule has 0 aliphatic heterocycles. The number of hydrogen-bond acceptors (Lipinski definition) is 3. The van der Waals surface area contributed by atoms with E-state index < -0.39 is 6.04 Å². The number of hydrogen-bond donors (Lipinski definition) is 1. The fourth-order valence-corrected chi connectivity index (χ4v) is 1.87. The Hall–Kier alpha value is -0.580. The lowest BCUT2D eigenvalue weighted by Crippen LogP contribution is -2.30. The van der Waals surface area contributed by atoms with E-state index in [-0.39, 0.29) is 5.97 Å². The zero-order chi connectivity index (χ0) is 12.8. The SMILES string of the molecule is CCCNC(C(=O)OC)c1ccc(Br)c(Cl)c1. The molecule has 0 bridgehead atoms. The maximum Gasteiger partial charge on any atom is 0.327 e. The van der Waals surface area contributed by atoms with Gasteiger partial charge in [-0.05, 0) is 46.6 Å². The third-order valence-electron chi connectivity index (χ3n) is 2.31. The Morgan fingerprint density at radius 2 is 2.29 bits per heavy atom. The van der Waals surface area contributed by atoms with E-state index in [1.807, 2.05) is 19.1 Å². The lowest BCUT2D eigenvalue weighted by atomic mass is 10.1. The quantitative estimate of drug-likeness (QED) is 0.846. The molecule has 0 fully saturated rings. The average Bonchev–Trinajstić information content (AvgIpc) is 2.33. The summed E-state index contributed by atoms with van der Waals surface area (Å²) in [5.41, 5.74) is 0.804. The summed E-state index contributed by atoms with van der Waals surface area (Å²) in [6, 6.07) is 4.96. The molecular weight excluding hydrogens is 305 g/mol. The zero-order valence-electron chi connectivity index (χ0n) is 9.80. The molecule has 0 aromatic heterocycles. The summed E-state index contributed by atoms with van der Waals surface area (Å²) in [5, 5.41) is 3.71. The summed E-state index contributed by atoms with van der Waals surface area (Å²) in [5.74, 6) is -0.308. The molecule has 0 aliphatic carbocycles. The van der Waals surface area contributed by atoms with Gasteiger partial charge in [0.05, 0.1) is 12.1 Å². The second-order valence-electron chi connectivity index (χ2n) is 3.58. The van der Waals surface area contributed by atoms with Crippen LogP contribution >= 0.6 is 27.5 Å². The largest absolute Gasteiger partial charge is 0.468 e. The molecule has 0 saturated carbocycles. The van der Waals surface area contributed by atoms with Gasteiger partial charge in [-0.1, -0.05) is 24.6 Å². The van der Waals surface area contributed by atoms with Gasteiger partial charge in [0.1, 0.15) is 6.04 Å². The van der Waals surface area contributed by atoms with Gasteiger partial charge in [-0.15, -0.1) is 0 Å². The van der Waals surface area contributed by atoms with Gasteiger partial charge in [-0.3, -0.25) is 0 Å². The molecule has 0 spiro atoms. The van der Waals surface area contributed by atoms with Gasteiger partial charge in [-0.2, -0.15) is 0 Å². The summed E-state index contributed by atoms with van der Waals surface area (Å²) in [6.45, 7) is 2.78. The molecule has 0 heterocycles. The topological polar surface area (TPSA) is 38.3 Å². The number of ether oxygens (including phenoxy) is 1. The minimum Gasteiger partial charge on any atom is -0.468 e. The smallest absolute Gasteiger partial charge is 0.327 e. The first-order chi connectivity index (χ1) is 8.10. The Morgan fingerprint density at radius 1 is 1.59 bits per heavy atom. The van der Waals surface area contributed by atoms with Crippen LogP contribution in [0, 0.1) is 0 Å². The molecule has 1 atom stereocenters. The van der Waals surface area contributed by atoms with Crippen LogP contribution in [0.25, 0.3) is 0 Å². The molecule has 0 amide bonds. The Balaban J connectivity index is 2.95. The Morgan fingerprint density at radius 3 is 2.82 bits per heavy atom. The third-order valence-corrected chi connectivity index (χ3v) is 3.54. The predicted octanol–water partition coefficient (Wildman–Crippen LogP) is 3.32. The number of halogens is 2. The molecule has 0 saturated heterocycles. The molecule has 1 aromatic carbocycles. The maximum atomic E-state index is 11.7. The normalized spacial score (nSPS) is 12.2. The average molecular weight is 321 g/mol. The highest BCUT2D eigenvalue weighted by atomic mass is 79.9. The molecule has 94 valence electrons. The number of carbonyl (C=O) groups excluding carboxylic acids is 1. The lowest BCUT2D eigenvalue weighted by Gasteiger charge is -2.16. The van der Waals surface area contributed by atoms with E-state index in [2.05, 4.69) is 21.2 Å². The van der Waals surface area contributed by atoms with Crippen molar-refractivity contribution in [1.82, 2.24) is 5.32 Å². The van der Waals surface area contributed by atoms with Crippen molar-refractivity contribution in [2.24, 2.45) is 0 Å². The molecule has 1 N–H and O–H groups in total. The fraction of sp³-hybridized carbons (Fsp3) is 0.417. The number of methoxy groups -OCH3 is 1. The minimum atomic E-state index is -0.467. The van der Waals surface area contributed by atoms with Crippen LogP contribution in [0.5, 0.6) is 0 Å². The summed E-state index contributed by atoms with van der Waals surface area (Å²) in [7, 11) is 1.38. The van der Waals surface area contributed by atoms with Crippen molar-refractivity contribution >= 4 is 33.5 Å². The van der Waals surface area contributed by atoms with Crippen LogP contribution in [-0.2, 0) is 9.53 Å². The van der Waals surface area contributed by atoms with Crippen LogP contribution in [0.2, 0.25) is 5.02 Å². The van der Waals surface area contributed by atoms with Crippen molar-refractivity contribution in [3.05, 3.63) is 33.3 Å². The fourth-order valence-electron chi connectivity index (χ4n) is 1.44. The van der Waals surface area contributed by atoms with Gasteiger partial charge in [-0.25, -0.2) is 4.79 Å². The van der Waals surface area contributed by atoms with E-state index >= 15 is 0 Å². The highest BCUT2D eigenvalue weighted by molar-refractivity contribution is 9.10. The molecule has 1 rings (SSSR count). The highest BCUT2D eigenvalue weighted by Crippen LogP contribution is 2.26. The van der Waals surface area contributed by atoms with Crippen LogP contribution in [-0.4, -0.2) is 19.6 Å². The Bertz CT molecular complexity index is 398. The van der Waals surface area contributed by atoms with Gasteiger partial charge >= 0.3 is 5.97 Å².